The van der Waals surface area contributed by atoms with E-state index in [2.05, 4.69) is 10.0 Å². The number of allylic oxidation sites excluding steroid dienone is 2. The summed E-state index contributed by atoms with van der Waals surface area (Å²) in [6.45, 7) is 0. The van der Waals surface area contributed by atoms with Gasteiger partial charge in [-0.2, -0.15) is 0 Å². The van der Waals surface area contributed by atoms with Crippen LogP contribution in [0.4, 0.5) is 0 Å². The third kappa shape index (κ3) is 4.49. The lowest BCUT2D eigenvalue weighted by Crippen LogP contribution is -1.86. The van der Waals surface area contributed by atoms with E-state index in [4.69, 9.17) is 5.53 Å². The van der Waals surface area contributed by atoms with Crippen molar-refractivity contribution in [3.8, 4) is 0 Å². The van der Waals surface area contributed by atoms with Crippen LogP contribution in [-0.2, 0) is 4.79 Å². The molecule has 0 atom stereocenters. The van der Waals surface area contributed by atoms with Gasteiger partial charge in [-0.3, -0.25) is 4.79 Å². The zero-order valence-corrected chi connectivity index (χ0v) is 11.3. The molecule has 0 N–H and O–H groups in total. The van der Waals surface area contributed by atoms with Crippen molar-refractivity contribution in [2.45, 2.75) is 0 Å². The average Bonchev–Trinajstić information content (AvgIpc) is 2.53. The van der Waals surface area contributed by atoms with E-state index in [-0.39, 0.29) is 0 Å². The van der Waals surface area contributed by atoms with Crippen molar-refractivity contribution < 1.29 is 4.79 Å². The quantitative estimate of drug-likeness (QED) is 0.200. The van der Waals surface area contributed by atoms with Crippen LogP contribution in [0, 0.1) is 0 Å². The molecule has 0 unspecified atom stereocenters. The molecule has 102 valence electrons. The van der Waals surface area contributed by atoms with Crippen LogP contribution in [0.15, 0.2) is 77.9 Å². The zero-order valence-electron chi connectivity index (χ0n) is 11.3. The number of carbonyl (C=O) groups excluding carboxylic acids is 1. The van der Waals surface area contributed by atoms with Crippen LogP contribution in [0.25, 0.3) is 22.1 Å². The molecule has 1 amide bonds. The normalized spacial score (nSPS) is 11.1. The minimum Gasteiger partial charge on any atom is -0.288 e. The minimum absolute atomic E-state index is 0.618. The summed E-state index contributed by atoms with van der Waals surface area (Å²) in [6, 6.07) is 19.5. The standard InChI is InChI=1S/C17H13N3O/c18-20-19-17(21)12-11-16(15-9-5-2-6-10-15)13-14-7-3-1-4-8-14/h1-13H/b12-11+,16-13-. The van der Waals surface area contributed by atoms with Crippen molar-refractivity contribution in [2.75, 3.05) is 0 Å². The van der Waals surface area contributed by atoms with E-state index in [0.717, 1.165) is 16.7 Å². The van der Waals surface area contributed by atoms with Crippen LogP contribution >= 0.6 is 0 Å². The van der Waals surface area contributed by atoms with Crippen molar-refractivity contribution in [1.82, 2.24) is 0 Å². The molecule has 0 heterocycles. The molecule has 4 heteroatoms. The van der Waals surface area contributed by atoms with Gasteiger partial charge >= 0.3 is 0 Å². The molecule has 2 rings (SSSR count). The summed E-state index contributed by atoms with van der Waals surface area (Å²) in [5, 5.41) is 3.02. The molecular formula is C17H13N3O. The summed E-state index contributed by atoms with van der Waals surface area (Å²) in [7, 11) is 0. The van der Waals surface area contributed by atoms with Gasteiger partial charge in [0, 0.05) is 4.91 Å². The second-order valence-electron chi connectivity index (χ2n) is 4.24. The van der Waals surface area contributed by atoms with Crippen LogP contribution in [0.2, 0.25) is 0 Å². The predicted molar refractivity (Wildman–Crippen MR) is 84.0 cm³/mol. The highest BCUT2D eigenvalue weighted by molar-refractivity contribution is 5.95. The van der Waals surface area contributed by atoms with E-state index in [1.54, 1.807) is 6.08 Å². The molecule has 0 aromatic heterocycles. The molecule has 0 fully saturated rings. The Bertz CT molecular complexity index is 712. The van der Waals surface area contributed by atoms with Crippen molar-refractivity contribution in [3.05, 3.63) is 94.4 Å². The number of carbonyl (C=O) groups is 1. The van der Waals surface area contributed by atoms with Crippen molar-refractivity contribution >= 4 is 17.6 Å². The lowest BCUT2D eigenvalue weighted by molar-refractivity contribution is -0.113. The van der Waals surface area contributed by atoms with Crippen molar-refractivity contribution in [1.29, 1.82) is 0 Å². The maximum atomic E-state index is 11.3. The Balaban J connectivity index is 2.38. The van der Waals surface area contributed by atoms with Gasteiger partial charge < -0.3 is 0 Å². The molecule has 4 nitrogen and oxygen atoms in total. The van der Waals surface area contributed by atoms with Gasteiger partial charge in [-0.25, -0.2) is 0 Å². The molecule has 2 aromatic rings. The zero-order chi connectivity index (χ0) is 14.9. The molecule has 0 spiro atoms. The molecule has 2 aromatic carbocycles. The second-order valence-corrected chi connectivity index (χ2v) is 4.24. The molecule has 0 radical (unpaired) electrons. The molecule has 0 saturated carbocycles. The molecule has 0 saturated heterocycles. The molecule has 0 bridgehead atoms. The number of nitrogens with zero attached hydrogens (tertiary/aromatic N) is 3. The fourth-order valence-corrected chi connectivity index (χ4v) is 1.83. The Morgan fingerprint density at radius 1 is 0.952 bits per heavy atom. The van der Waals surface area contributed by atoms with Gasteiger partial charge in [-0.1, -0.05) is 66.7 Å². The SMILES string of the molecule is [N-]=[N+]=NC(=O)/C=C/C(=C/c1ccccc1)c1ccccc1. The number of hydrogen-bond donors (Lipinski definition) is 0. The Morgan fingerprint density at radius 3 is 2.19 bits per heavy atom. The Kier molecular flexibility index (Phi) is 5.10. The van der Waals surface area contributed by atoms with E-state index < -0.39 is 5.91 Å². The van der Waals surface area contributed by atoms with Gasteiger partial charge in [-0.15, -0.1) is 0 Å². The van der Waals surface area contributed by atoms with Gasteiger partial charge in [0.1, 0.15) is 0 Å². The number of hydrogen-bond acceptors (Lipinski definition) is 1. The highest BCUT2D eigenvalue weighted by Crippen LogP contribution is 2.19. The van der Waals surface area contributed by atoms with Gasteiger partial charge in [0.15, 0.2) is 0 Å². The molecule has 0 aliphatic rings. The minimum atomic E-state index is -0.618. The van der Waals surface area contributed by atoms with E-state index in [1.165, 1.54) is 6.08 Å². The van der Waals surface area contributed by atoms with Crippen LogP contribution in [0.1, 0.15) is 11.1 Å². The first-order valence-electron chi connectivity index (χ1n) is 6.39. The Labute approximate surface area is 122 Å². The van der Waals surface area contributed by atoms with Crippen LogP contribution in [-0.4, -0.2) is 5.91 Å². The maximum absolute atomic E-state index is 11.3. The highest BCUT2D eigenvalue weighted by atomic mass is 16.1. The smallest absolute Gasteiger partial charge is 0.242 e. The van der Waals surface area contributed by atoms with Gasteiger partial charge in [0.05, 0.1) is 0 Å². The summed E-state index contributed by atoms with van der Waals surface area (Å²) in [5.74, 6) is -0.618. The van der Waals surface area contributed by atoms with Crippen molar-refractivity contribution in [2.24, 2.45) is 5.11 Å². The van der Waals surface area contributed by atoms with Gasteiger partial charge in [0.2, 0.25) is 5.91 Å². The largest absolute Gasteiger partial charge is 0.288 e. The number of azide groups is 1. The van der Waals surface area contributed by atoms with E-state index in [0.29, 0.717) is 0 Å². The summed E-state index contributed by atoms with van der Waals surface area (Å²) in [6.07, 6.45) is 4.88. The van der Waals surface area contributed by atoms with Crippen LogP contribution in [0.5, 0.6) is 0 Å². The Morgan fingerprint density at radius 2 is 1.57 bits per heavy atom. The number of benzene rings is 2. The first-order chi connectivity index (χ1) is 10.3. The fourth-order valence-electron chi connectivity index (χ4n) is 1.83. The molecular weight excluding hydrogens is 262 g/mol. The fraction of sp³-hybridized carbons (Fsp3) is 0. The third-order valence-electron chi connectivity index (χ3n) is 2.78. The van der Waals surface area contributed by atoms with Gasteiger partial charge in [-0.05, 0) is 39.5 Å². The first-order valence-corrected chi connectivity index (χ1v) is 6.39. The summed E-state index contributed by atoms with van der Waals surface area (Å²) < 4.78 is 0. The summed E-state index contributed by atoms with van der Waals surface area (Å²) in [4.78, 5) is 13.8. The van der Waals surface area contributed by atoms with E-state index in [9.17, 15) is 4.79 Å². The van der Waals surface area contributed by atoms with Crippen molar-refractivity contribution in [3.63, 3.8) is 0 Å². The summed E-state index contributed by atoms with van der Waals surface area (Å²) in [5.41, 5.74) is 11.1. The number of amides is 1. The number of rotatable bonds is 4. The first kappa shape index (κ1) is 14.3. The summed E-state index contributed by atoms with van der Waals surface area (Å²) >= 11 is 0. The van der Waals surface area contributed by atoms with E-state index in [1.807, 2.05) is 66.7 Å². The lowest BCUT2D eigenvalue weighted by Gasteiger charge is -2.03. The van der Waals surface area contributed by atoms with E-state index >= 15 is 0 Å². The van der Waals surface area contributed by atoms with Gasteiger partial charge in [0.25, 0.3) is 0 Å². The Hall–Kier alpha value is -3.10. The van der Waals surface area contributed by atoms with Crippen LogP contribution in [0.3, 0.4) is 0 Å². The molecule has 21 heavy (non-hydrogen) atoms. The highest BCUT2D eigenvalue weighted by Gasteiger charge is 1.99. The lowest BCUT2D eigenvalue weighted by atomic mass is 10.0. The third-order valence-corrected chi connectivity index (χ3v) is 2.78. The maximum Gasteiger partial charge on any atom is 0.242 e. The average molecular weight is 275 g/mol. The predicted octanol–water partition coefficient (Wildman–Crippen LogP) is 4.62. The monoisotopic (exact) mass is 275 g/mol. The topological polar surface area (TPSA) is 65.8 Å². The van der Waals surface area contributed by atoms with Crippen LogP contribution < -0.4 is 0 Å². The molecule has 0 aliphatic carbocycles. The molecule has 0 aliphatic heterocycles. The second kappa shape index (κ2) is 7.48.